The number of rotatable bonds is 4. The van der Waals surface area contributed by atoms with Crippen molar-refractivity contribution in [1.29, 1.82) is 0 Å². The lowest BCUT2D eigenvalue weighted by Gasteiger charge is -2.10. The molecule has 3 aromatic rings. The first kappa shape index (κ1) is 18.6. The van der Waals surface area contributed by atoms with E-state index in [0.29, 0.717) is 22.0 Å². The molecule has 0 saturated heterocycles. The summed E-state index contributed by atoms with van der Waals surface area (Å²) in [5.74, 6) is -0.0438. The van der Waals surface area contributed by atoms with E-state index in [9.17, 15) is 9.59 Å². The minimum atomic E-state index is -0.445. The van der Waals surface area contributed by atoms with Crippen LogP contribution < -0.4 is 15.7 Å². The van der Waals surface area contributed by atoms with Crippen LogP contribution in [0.4, 0.5) is 5.69 Å². The molecule has 26 heavy (non-hydrogen) atoms. The van der Waals surface area contributed by atoms with Crippen LogP contribution in [0.25, 0.3) is 11.0 Å². The Balaban J connectivity index is 1.71. The summed E-state index contributed by atoms with van der Waals surface area (Å²) in [5, 5.41) is 4.21. The molecule has 0 unspecified atom stereocenters. The van der Waals surface area contributed by atoms with Gasteiger partial charge in [-0.3, -0.25) is 4.79 Å². The van der Waals surface area contributed by atoms with E-state index in [1.165, 1.54) is 18.2 Å². The summed E-state index contributed by atoms with van der Waals surface area (Å²) >= 11 is 17.8. The maximum Gasteiger partial charge on any atom is 0.336 e. The number of carbonyl (C=O) groups excluding carboxylic acids is 1. The standard InChI is InChI=1S/C18H12Cl3NO4/c1-9-4-18(24)26-16-5-10(2-3-11(9)16)25-8-17(23)22-15-7-13(20)12(19)6-14(15)21/h2-7H,8H2,1H3,(H,22,23). The number of ether oxygens (including phenoxy) is 1. The van der Waals surface area contributed by atoms with Gasteiger partial charge >= 0.3 is 5.63 Å². The zero-order valence-corrected chi connectivity index (χ0v) is 15.7. The lowest BCUT2D eigenvalue weighted by Crippen LogP contribution is -2.20. The highest BCUT2D eigenvalue weighted by Gasteiger charge is 2.11. The maximum absolute atomic E-state index is 12.1. The lowest BCUT2D eigenvalue weighted by molar-refractivity contribution is -0.118. The Labute approximate surface area is 163 Å². The van der Waals surface area contributed by atoms with Crippen LogP contribution >= 0.6 is 34.8 Å². The Morgan fingerprint density at radius 3 is 2.58 bits per heavy atom. The lowest BCUT2D eigenvalue weighted by atomic mass is 10.1. The Kier molecular flexibility index (Phi) is 5.41. The average Bonchev–Trinajstić information content (AvgIpc) is 2.57. The first-order chi connectivity index (χ1) is 12.3. The highest BCUT2D eigenvalue weighted by atomic mass is 35.5. The molecule has 0 radical (unpaired) electrons. The van der Waals surface area contributed by atoms with Crippen molar-refractivity contribution >= 4 is 57.4 Å². The van der Waals surface area contributed by atoms with Crippen molar-refractivity contribution < 1.29 is 13.9 Å². The van der Waals surface area contributed by atoms with E-state index in [2.05, 4.69) is 5.32 Å². The normalized spacial score (nSPS) is 10.8. The van der Waals surface area contributed by atoms with E-state index in [1.807, 2.05) is 6.92 Å². The number of amides is 1. The fourth-order valence-electron chi connectivity index (χ4n) is 2.35. The van der Waals surface area contributed by atoms with Gasteiger partial charge in [0.25, 0.3) is 5.91 Å². The van der Waals surface area contributed by atoms with Crippen molar-refractivity contribution in [3.63, 3.8) is 0 Å². The molecule has 1 heterocycles. The van der Waals surface area contributed by atoms with Crippen molar-refractivity contribution in [2.75, 3.05) is 11.9 Å². The summed E-state index contributed by atoms with van der Waals surface area (Å²) in [6.07, 6.45) is 0. The minimum absolute atomic E-state index is 0.260. The van der Waals surface area contributed by atoms with Crippen molar-refractivity contribution in [2.45, 2.75) is 6.92 Å². The summed E-state index contributed by atoms with van der Waals surface area (Å²) in [4.78, 5) is 23.5. The number of carbonyl (C=O) groups is 1. The van der Waals surface area contributed by atoms with Crippen molar-refractivity contribution in [3.8, 4) is 5.75 Å². The Morgan fingerprint density at radius 2 is 1.81 bits per heavy atom. The SMILES string of the molecule is Cc1cc(=O)oc2cc(OCC(=O)Nc3cc(Cl)c(Cl)cc3Cl)ccc12. The molecule has 3 rings (SSSR count). The highest BCUT2D eigenvalue weighted by Crippen LogP contribution is 2.32. The zero-order valence-electron chi connectivity index (χ0n) is 13.4. The number of hydrogen-bond acceptors (Lipinski definition) is 4. The number of anilines is 1. The molecule has 2 aromatic carbocycles. The number of hydrogen-bond donors (Lipinski definition) is 1. The predicted molar refractivity (Wildman–Crippen MR) is 103 cm³/mol. The summed E-state index contributed by atoms with van der Waals surface area (Å²) in [5.41, 5.74) is 1.07. The van der Waals surface area contributed by atoms with Crippen LogP contribution in [-0.2, 0) is 4.79 Å². The largest absolute Gasteiger partial charge is 0.484 e. The monoisotopic (exact) mass is 411 g/mol. The van der Waals surface area contributed by atoms with Gasteiger partial charge in [0.05, 0.1) is 20.8 Å². The van der Waals surface area contributed by atoms with E-state index in [-0.39, 0.29) is 16.7 Å². The molecule has 8 heteroatoms. The van der Waals surface area contributed by atoms with E-state index in [4.69, 9.17) is 44.0 Å². The Hall–Kier alpha value is -2.21. The van der Waals surface area contributed by atoms with Crippen LogP contribution in [0.1, 0.15) is 5.56 Å². The van der Waals surface area contributed by atoms with Gasteiger partial charge in [-0.15, -0.1) is 0 Å². The molecule has 0 aliphatic heterocycles. The first-order valence-corrected chi connectivity index (χ1v) is 8.58. The summed E-state index contributed by atoms with van der Waals surface area (Å²) in [6.45, 7) is 1.55. The molecular weight excluding hydrogens is 401 g/mol. The number of aryl methyl sites for hydroxylation is 1. The molecule has 0 spiro atoms. The highest BCUT2D eigenvalue weighted by molar-refractivity contribution is 6.44. The third-order valence-corrected chi connectivity index (χ3v) is 4.61. The van der Waals surface area contributed by atoms with Crippen LogP contribution in [0.3, 0.4) is 0 Å². The van der Waals surface area contributed by atoms with Gasteiger partial charge < -0.3 is 14.5 Å². The van der Waals surface area contributed by atoms with Gasteiger partial charge in [-0.1, -0.05) is 34.8 Å². The van der Waals surface area contributed by atoms with Crippen molar-refractivity contribution in [1.82, 2.24) is 0 Å². The van der Waals surface area contributed by atoms with Gasteiger partial charge in [-0.25, -0.2) is 4.79 Å². The number of benzene rings is 2. The number of halogens is 3. The fraction of sp³-hybridized carbons (Fsp3) is 0.111. The van der Waals surface area contributed by atoms with Crippen molar-refractivity contribution in [2.24, 2.45) is 0 Å². The van der Waals surface area contributed by atoms with Gasteiger partial charge in [-0.05, 0) is 36.8 Å². The molecule has 134 valence electrons. The third kappa shape index (κ3) is 4.12. The second-order valence-electron chi connectivity index (χ2n) is 5.49. The maximum atomic E-state index is 12.1. The Bertz CT molecular complexity index is 1060. The zero-order chi connectivity index (χ0) is 18.8. The molecule has 0 atom stereocenters. The van der Waals surface area contributed by atoms with Gasteiger partial charge in [0.1, 0.15) is 11.3 Å². The molecule has 1 amide bonds. The van der Waals surface area contributed by atoms with Gasteiger partial charge in [0.2, 0.25) is 0 Å². The van der Waals surface area contributed by atoms with Crippen LogP contribution in [0.5, 0.6) is 5.75 Å². The Morgan fingerprint density at radius 1 is 1.08 bits per heavy atom. The summed E-state index contributed by atoms with van der Waals surface area (Å²) in [6, 6.07) is 9.32. The minimum Gasteiger partial charge on any atom is -0.484 e. The topological polar surface area (TPSA) is 68.5 Å². The second-order valence-corrected chi connectivity index (χ2v) is 6.71. The quantitative estimate of drug-likeness (QED) is 0.479. The average molecular weight is 413 g/mol. The summed E-state index contributed by atoms with van der Waals surface area (Å²) in [7, 11) is 0. The van der Waals surface area contributed by atoms with Crippen LogP contribution in [0, 0.1) is 6.92 Å². The number of fused-ring (bicyclic) bond motifs is 1. The van der Waals surface area contributed by atoms with Gasteiger partial charge in [-0.2, -0.15) is 0 Å². The van der Waals surface area contributed by atoms with Crippen LogP contribution in [-0.4, -0.2) is 12.5 Å². The van der Waals surface area contributed by atoms with Gasteiger partial charge in [0.15, 0.2) is 6.61 Å². The molecule has 5 nitrogen and oxygen atoms in total. The number of nitrogens with one attached hydrogen (secondary N) is 1. The molecule has 1 N–H and O–H groups in total. The molecule has 0 aliphatic rings. The van der Waals surface area contributed by atoms with E-state index < -0.39 is 11.5 Å². The first-order valence-electron chi connectivity index (χ1n) is 7.45. The van der Waals surface area contributed by atoms with Crippen LogP contribution in [0.15, 0.2) is 45.6 Å². The van der Waals surface area contributed by atoms with Crippen LogP contribution in [0.2, 0.25) is 15.1 Å². The van der Waals surface area contributed by atoms with E-state index >= 15 is 0 Å². The molecule has 0 saturated carbocycles. The second kappa shape index (κ2) is 7.58. The molecule has 0 bridgehead atoms. The molecular formula is C18H12Cl3NO4. The van der Waals surface area contributed by atoms with E-state index in [0.717, 1.165) is 10.9 Å². The van der Waals surface area contributed by atoms with Gasteiger partial charge in [0, 0.05) is 17.5 Å². The summed E-state index contributed by atoms with van der Waals surface area (Å²) < 4.78 is 10.6. The predicted octanol–water partition coefficient (Wildman–Crippen LogP) is 5.08. The third-order valence-electron chi connectivity index (χ3n) is 3.58. The van der Waals surface area contributed by atoms with Crippen molar-refractivity contribution in [3.05, 3.63) is 67.4 Å². The molecule has 0 aliphatic carbocycles. The molecule has 1 aromatic heterocycles. The molecule has 0 fully saturated rings. The smallest absolute Gasteiger partial charge is 0.336 e. The van der Waals surface area contributed by atoms with E-state index in [1.54, 1.807) is 18.2 Å². The fourth-order valence-corrected chi connectivity index (χ4v) is 2.94.